The first-order valence-electron chi connectivity index (χ1n) is 5.27. The van der Waals surface area contributed by atoms with E-state index in [0.717, 1.165) is 9.37 Å². The Morgan fingerprint density at radius 1 is 1.47 bits per heavy atom. The summed E-state index contributed by atoms with van der Waals surface area (Å²) in [5.41, 5.74) is 6.33. The normalized spacial score (nSPS) is 11.3. The third-order valence-electron chi connectivity index (χ3n) is 1.85. The van der Waals surface area contributed by atoms with E-state index in [-0.39, 0.29) is 11.4 Å². The van der Waals surface area contributed by atoms with Crippen molar-refractivity contribution in [3.63, 3.8) is 0 Å². The molecule has 0 aliphatic heterocycles. The van der Waals surface area contributed by atoms with E-state index in [1.165, 1.54) is 11.8 Å². The lowest BCUT2D eigenvalue weighted by Crippen LogP contribution is -2.41. The van der Waals surface area contributed by atoms with E-state index >= 15 is 0 Å². The van der Waals surface area contributed by atoms with Gasteiger partial charge in [0.15, 0.2) is 0 Å². The number of hydrogen-bond acceptors (Lipinski definition) is 3. The van der Waals surface area contributed by atoms with Gasteiger partial charge in [0, 0.05) is 20.6 Å². The van der Waals surface area contributed by atoms with Crippen LogP contribution in [0.5, 0.6) is 0 Å². The zero-order valence-corrected chi connectivity index (χ0v) is 12.6. The smallest absolute Gasteiger partial charge is 0.230 e. The van der Waals surface area contributed by atoms with Gasteiger partial charge in [0.1, 0.15) is 0 Å². The number of carbonyl (C=O) groups excluding carboxylic acids is 1. The quantitative estimate of drug-likeness (QED) is 0.665. The number of rotatable bonds is 3. The molecule has 3 nitrogen and oxygen atoms in total. The predicted octanol–water partition coefficient (Wildman–Crippen LogP) is 3.04. The van der Waals surface area contributed by atoms with Crippen molar-refractivity contribution in [2.45, 2.75) is 31.2 Å². The Kier molecular flexibility index (Phi) is 4.89. The highest BCUT2D eigenvalue weighted by Gasteiger charge is 2.14. The SMILES string of the molecule is CC(C)(C)NC(=O)CSc1cc(Br)ccc1N. The summed E-state index contributed by atoms with van der Waals surface area (Å²) in [5.74, 6) is 0.389. The zero-order chi connectivity index (χ0) is 13.1. The molecule has 0 heterocycles. The average Bonchev–Trinajstić information content (AvgIpc) is 2.17. The highest BCUT2D eigenvalue weighted by molar-refractivity contribution is 9.10. The van der Waals surface area contributed by atoms with Gasteiger partial charge in [-0.15, -0.1) is 11.8 Å². The topological polar surface area (TPSA) is 55.1 Å². The van der Waals surface area contributed by atoms with E-state index in [1.807, 2.05) is 39.0 Å². The molecule has 1 aromatic carbocycles. The molecule has 0 aromatic heterocycles. The number of benzene rings is 1. The molecular weight excluding hydrogens is 300 g/mol. The lowest BCUT2D eigenvalue weighted by Gasteiger charge is -2.20. The zero-order valence-electron chi connectivity index (χ0n) is 10.2. The van der Waals surface area contributed by atoms with E-state index in [2.05, 4.69) is 21.2 Å². The van der Waals surface area contributed by atoms with Gasteiger partial charge in [0.05, 0.1) is 5.75 Å². The molecule has 0 unspecified atom stereocenters. The Morgan fingerprint density at radius 3 is 2.71 bits per heavy atom. The monoisotopic (exact) mass is 316 g/mol. The van der Waals surface area contributed by atoms with Gasteiger partial charge >= 0.3 is 0 Å². The van der Waals surface area contributed by atoms with E-state index in [0.29, 0.717) is 11.4 Å². The Labute approximate surface area is 115 Å². The van der Waals surface area contributed by atoms with Crippen LogP contribution in [-0.2, 0) is 4.79 Å². The second-order valence-corrected chi connectivity index (χ2v) is 6.70. The van der Waals surface area contributed by atoms with Crippen LogP contribution in [0.4, 0.5) is 5.69 Å². The van der Waals surface area contributed by atoms with Crippen molar-refractivity contribution in [1.82, 2.24) is 5.32 Å². The lowest BCUT2D eigenvalue weighted by atomic mass is 10.1. The summed E-state index contributed by atoms with van der Waals surface area (Å²) in [6.07, 6.45) is 0. The molecule has 17 heavy (non-hydrogen) atoms. The molecular formula is C12H17BrN2OS. The maximum Gasteiger partial charge on any atom is 0.230 e. The van der Waals surface area contributed by atoms with Gasteiger partial charge < -0.3 is 11.1 Å². The molecule has 0 aliphatic rings. The molecule has 0 aliphatic carbocycles. The van der Waals surface area contributed by atoms with Gasteiger partial charge in [-0.1, -0.05) is 15.9 Å². The van der Waals surface area contributed by atoms with Crippen molar-refractivity contribution in [2.75, 3.05) is 11.5 Å². The van der Waals surface area contributed by atoms with Crippen LogP contribution in [-0.4, -0.2) is 17.2 Å². The van der Waals surface area contributed by atoms with Gasteiger partial charge in [-0.3, -0.25) is 4.79 Å². The van der Waals surface area contributed by atoms with Crippen molar-refractivity contribution in [3.05, 3.63) is 22.7 Å². The molecule has 5 heteroatoms. The van der Waals surface area contributed by atoms with Crippen LogP contribution in [0.2, 0.25) is 0 Å². The molecule has 1 aromatic rings. The van der Waals surface area contributed by atoms with Gasteiger partial charge in [-0.05, 0) is 39.0 Å². The Morgan fingerprint density at radius 2 is 2.12 bits per heavy atom. The van der Waals surface area contributed by atoms with Gasteiger partial charge in [0.2, 0.25) is 5.91 Å². The van der Waals surface area contributed by atoms with Gasteiger partial charge in [0.25, 0.3) is 0 Å². The third-order valence-corrected chi connectivity index (χ3v) is 3.41. The van der Waals surface area contributed by atoms with Crippen molar-refractivity contribution in [3.8, 4) is 0 Å². The van der Waals surface area contributed by atoms with E-state index in [4.69, 9.17) is 5.73 Å². The van der Waals surface area contributed by atoms with Crippen LogP contribution < -0.4 is 11.1 Å². The first-order chi connectivity index (χ1) is 7.78. The fourth-order valence-electron chi connectivity index (χ4n) is 1.23. The molecule has 1 rings (SSSR count). The maximum absolute atomic E-state index is 11.6. The summed E-state index contributed by atoms with van der Waals surface area (Å²) < 4.78 is 0.963. The number of anilines is 1. The second-order valence-electron chi connectivity index (χ2n) is 4.77. The molecule has 3 N–H and O–H groups in total. The second kappa shape index (κ2) is 5.78. The van der Waals surface area contributed by atoms with Crippen LogP contribution >= 0.6 is 27.7 Å². The standard InChI is InChI=1S/C12H17BrN2OS/c1-12(2,3)15-11(16)7-17-10-6-8(13)4-5-9(10)14/h4-6H,7,14H2,1-3H3,(H,15,16). The fourth-order valence-corrected chi connectivity index (χ4v) is 2.55. The minimum absolute atomic E-state index is 0.0156. The highest BCUT2D eigenvalue weighted by atomic mass is 79.9. The minimum atomic E-state index is -0.194. The van der Waals surface area contributed by atoms with Crippen LogP contribution in [0.3, 0.4) is 0 Å². The van der Waals surface area contributed by atoms with Crippen molar-refractivity contribution in [1.29, 1.82) is 0 Å². The molecule has 0 spiro atoms. The molecule has 0 saturated carbocycles. The van der Waals surface area contributed by atoms with Crippen molar-refractivity contribution >= 4 is 39.3 Å². The van der Waals surface area contributed by atoms with Gasteiger partial charge in [-0.25, -0.2) is 0 Å². The molecule has 0 fully saturated rings. The Bertz CT molecular complexity index is 415. The first kappa shape index (κ1) is 14.4. The summed E-state index contributed by atoms with van der Waals surface area (Å²) in [6, 6.07) is 5.63. The molecule has 0 saturated heterocycles. The van der Waals surface area contributed by atoms with E-state index in [9.17, 15) is 4.79 Å². The van der Waals surface area contributed by atoms with Crippen molar-refractivity contribution in [2.24, 2.45) is 0 Å². The number of hydrogen-bond donors (Lipinski definition) is 2. The summed E-state index contributed by atoms with van der Waals surface area (Å²) in [4.78, 5) is 12.6. The fraction of sp³-hybridized carbons (Fsp3) is 0.417. The average molecular weight is 317 g/mol. The van der Waals surface area contributed by atoms with E-state index < -0.39 is 0 Å². The molecule has 0 atom stereocenters. The molecule has 0 radical (unpaired) electrons. The summed E-state index contributed by atoms with van der Waals surface area (Å²) >= 11 is 4.83. The molecule has 0 bridgehead atoms. The summed E-state index contributed by atoms with van der Waals surface area (Å²) in [5, 5.41) is 2.91. The Balaban J connectivity index is 2.56. The van der Waals surface area contributed by atoms with Crippen LogP contribution in [0, 0.1) is 0 Å². The number of carbonyl (C=O) groups is 1. The number of halogens is 1. The number of amides is 1. The third kappa shape index (κ3) is 5.46. The number of nitrogens with two attached hydrogens (primary N) is 1. The van der Waals surface area contributed by atoms with E-state index in [1.54, 1.807) is 0 Å². The largest absolute Gasteiger partial charge is 0.398 e. The first-order valence-corrected chi connectivity index (χ1v) is 7.04. The highest BCUT2D eigenvalue weighted by Crippen LogP contribution is 2.28. The Hall–Kier alpha value is -0.680. The molecule has 1 amide bonds. The number of nitrogens with one attached hydrogen (secondary N) is 1. The summed E-state index contributed by atoms with van der Waals surface area (Å²) in [6.45, 7) is 5.88. The lowest BCUT2D eigenvalue weighted by molar-refractivity contribution is -0.119. The number of nitrogen functional groups attached to an aromatic ring is 1. The van der Waals surface area contributed by atoms with Crippen LogP contribution in [0.1, 0.15) is 20.8 Å². The predicted molar refractivity (Wildman–Crippen MR) is 77.2 cm³/mol. The van der Waals surface area contributed by atoms with Crippen LogP contribution in [0.15, 0.2) is 27.6 Å². The van der Waals surface area contributed by atoms with Crippen LogP contribution in [0.25, 0.3) is 0 Å². The van der Waals surface area contributed by atoms with Crippen molar-refractivity contribution < 1.29 is 4.79 Å². The van der Waals surface area contributed by atoms with Gasteiger partial charge in [-0.2, -0.15) is 0 Å². The number of thioether (sulfide) groups is 1. The maximum atomic E-state index is 11.6. The minimum Gasteiger partial charge on any atom is -0.398 e. The summed E-state index contributed by atoms with van der Waals surface area (Å²) in [7, 11) is 0. The molecule has 94 valence electrons.